The minimum Gasteiger partial charge on any atom is -0.331 e. The molecule has 1 saturated heterocycles. The molecule has 1 aromatic rings. The molecular weight excluding hydrogens is 335 g/mol. The zero-order valence-corrected chi connectivity index (χ0v) is 12.3. The van der Waals surface area contributed by atoms with E-state index in [0.29, 0.717) is 0 Å². The lowest BCUT2D eigenvalue weighted by molar-refractivity contribution is 0.0545. The van der Waals surface area contributed by atoms with Crippen molar-refractivity contribution in [1.29, 1.82) is 0 Å². The van der Waals surface area contributed by atoms with Crippen molar-refractivity contribution < 1.29 is 4.79 Å². The monoisotopic (exact) mass is 350 g/mol. The first-order chi connectivity index (χ1) is 7.59. The summed E-state index contributed by atoms with van der Waals surface area (Å²) in [5, 5.41) is 5.28. The van der Waals surface area contributed by atoms with Gasteiger partial charge in [0.15, 0.2) is 0 Å². The van der Waals surface area contributed by atoms with Crippen LogP contribution in [0, 0.1) is 2.88 Å². The Hall–Kier alpha value is -0.140. The summed E-state index contributed by atoms with van der Waals surface area (Å²) in [6.07, 6.45) is 0. The van der Waals surface area contributed by atoms with Gasteiger partial charge in [-0.25, -0.2) is 0 Å². The van der Waals surface area contributed by atoms with Gasteiger partial charge in [0.2, 0.25) is 0 Å². The molecule has 2 atom stereocenters. The van der Waals surface area contributed by atoms with Crippen LogP contribution in [0.1, 0.15) is 24.2 Å². The fourth-order valence-electron chi connectivity index (χ4n) is 2.10. The van der Waals surface area contributed by atoms with Crippen molar-refractivity contribution in [2.75, 3.05) is 13.1 Å². The number of nitrogens with zero attached hydrogens (tertiary/aromatic N) is 1. The molecule has 0 bridgehead atoms. The normalized spacial score (nSPS) is 25.8. The van der Waals surface area contributed by atoms with Crippen molar-refractivity contribution in [1.82, 2.24) is 10.2 Å². The van der Waals surface area contributed by atoms with E-state index in [0.717, 1.165) is 21.5 Å². The van der Waals surface area contributed by atoms with E-state index >= 15 is 0 Å². The molecule has 16 heavy (non-hydrogen) atoms. The SMILES string of the molecule is CC1CNCC(C)N1C(=O)c1csc(I)c1. The van der Waals surface area contributed by atoms with Crippen molar-refractivity contribution in [2.45, 2.75) is 25.9 Å². The average Bonchev–Trinajstić information content (AvgIpc) is 2.64. The lowest BCUT2D eigenvalue weighted by atomic mass is 10.1. The zero-order chi connectivity index (χ0) is 11.7. The molecule has 1 fully saturated rings. The summed E-state index contributed by atoms with van der Waals surface area (Å²) in [6.45, 7) is 5.96. The van der Waals surface area contributed by atoms with Gasteiger partial charge in [-0.3, -0.25) is 4.79 Å². The van der Waals surface area contributed by atoms with Gasteiger partial charge in [0.1, 0.15) is 0 Å². The number of hydrogen-bond donors (Lipinski definition) is 1. The van der Waals surface area contributed by atoms with Gasteiger partial charge < -0.3 is 10.2 Å². The molecule has 5 heteroatoms. The third kappa shape index (κ3) is 2.41. The lowest BCUT2D eigenvalue weighted by Gasteiger charge is -2.39. The Morgan fingerprint density at radius 1 is 1.50 bits per heavy atom. The Morgan fingerprint density at radius 3 is 2.62 bits per heavy atom. The molecule has 3 nitrogen and oxygen atoms in total. The maximum absolute atomic E-state index is 12.3. The van der Waals surface area contributed by atoms with Crippen molar-refractivity contribution in [3.05, 3.63) is 19.9 Å². The van der Waals surface area contributed by atoms with Gasteiger partial charge in [-0.1, -0.05) is 0 Å². The number of piperazine rings is 1. The van der Waals surface area contributed by atoms with Gasteiger partial charge in [-0.2, -0.15) is 0 Å². The van der Waals surface area contributed by atoms with E-state index in [1.807, 2.05) is 16.3 Å². The van der Waals surface area contributed by atoms with Crippen molar-refractivity contribution in [3.63, 3.8) is 0 Å². The second-order valence-corrected chi connectivity index (χ2v) is 7.01. The maximum Gasteiger partial charge on any atom is 0.255 e. The molecule has 0 spiro atoms. The number of thiophene rings is 1. The number of hydrogen-bond acceptors (Lipinski definition) is 3. The molecule has 2 unspecified atom stereocenters. The number of carbonyl (C=O) groups is 1. The first-order valence-electron chi connectivity index (χ1n) is 5.37. The van der Waals surface area contributed by atoms with E-state index in [1.54, 1.807) is 11.3 Å². The Balaban J connectivity index is 2.19. The highest BCUT2D eigenvalue weighted by Crippen LogP contribution is 2.21. The maximum atomic E-state index is 12.3. The van der Waals surface area contributed by atoms with Crippen molar-refractivity contribution in [2.24, 2.45) is 0 Å². The Morgan fingerprint density at radius 2 is 2.12 bits per heavy atom. The topological polar surface area (TPSA) is 32.3 Å². The summed E-state index contributed by atoms with van der Waals surface area (Å²) in [4.78, 5) is 14.3. The fourth-order valence-corrected chi connectivity index (χ4v) is 3.42. The molecule has 1 aliphatic rings. The highest BCUT2D eigenvalue weighted by Gasteiger charge is 2.29. The molecule has 0 aliphatic carbocycles. The molecule has 0 saturated carbocycles. The highest BCUT2D eigenvalue weighted by atomic mass is 127. The summed E-state index contributed by atoms with van der Waals surface area (Å²) in [5.74, 6) is 0.167. The fraction of sp³-hybridized carbons (Fsp3) is 0.545. The lowest BCUT2D eigenvalue weighted by Crippen LogP contribution is -2.57. The first kappa shape index (κ1) is 12.3. The highest BCUT2D eigenvalue weighted by molar-refractivity contribution is 14.1. The smallest absolute Gasteiger partial charge is 0.255 e. The summed E-state index contributed by atoms with van der Waals surface area (Å²) < 4.78 is 1.16. The van der Waals surface area contributed by atoms with Crippen LogP contribution < -0.4 is 5.32 Å². The van der Waals surface area contributed by atoms with Crippen LogP contribution in [0.15, 0.2) is 11.4 Å². The number of rotatable bonds is 1. The van der Waals surface area contributed by atoms with Gasteiger partial charge in [-0.15, -0.1) is 11.3 Å². The van der Waals surface area contributed by atoms with Crippen LogP contribution >= 0.6 is 33.9 Å². The van der Waals surface area contributed by atoms with E-state index in [2.05, 4.69) is 41.8 Å². The molecule has 1 N–H and O–H groups in total. The van der Waals surface area contributed by atoms with Gasteiger partial charge in [0.05, 0.1) is 8.45 Å². The molecule has 1 aliphatic heterocycles. The van der Waals surface area contributed by atoms with Crippen LogP contribution in [0.3, 0.4) is 0 Å². The van der Waals surface area contributed by atoms with Crippen LogP contribution in [0.2, 0.25) is 0 Å². The largest absolute Gasteiger partial charge is 0.331 e. The predicted molar refractivity (Wildman–Crippen MR) is 75.0 cm³/mol. The zero-order valence-electron chi connectivity index (χ0n) is 9.37. The van der Waals surface area contributed by atoms with Crippen LogP contribution in [0.5, 0.6) is 0 Å². The predicted octanol–water partition coefficient (Wildman–Crippen LogP) is 2.18. The Kier molecular flexibility index (Phi) is 3.86. The number of halogens is 1. The average molecular weight is 350 g/mol. The minimum atomic E-state index is 0.167. The third-order valence-corrected chi connectivity index (χ3v) is 4.67. The molecule has 1 aromatic heterocycles. The summed E-state index contributed by atoms with van der Waals surface area (Å²) in [6, 6.07) is 2.51. The van der Waals surface area contributed by atoms with E-state index in [1.165, 1.54) is 0 Å². The van der Waals surface area contributed by atoms with Crippen molar-refractivity contribution >= 4 is 39.8 Å². The molecule has 0 aromatic carbocycles. The second-order valence-electron chi connectivity index (χ2n) is 4.21. The summed E-state index contributed by atoms with van der Waals surface area (Å²) in [5.41, 5.74) is 0.829. The van der Waals surface area contributed by atoms with Crippen LogP contribution in [-0.4, -0.2) is 36.0 Å². The van der Waals surface area contributed by atoms with Gasteiger partial charge in [0.25, 0.3) is 5.91 Å². The number of nitrogens with one attached hydrogen (secondary N) is 1. The standard InChI is InChI=1S/C11H15IN2OS/c1-7-4-13-5-8(2)14(7)11(15)9-3-10(12)16-6-9/h3,6-8,13H,4-5H2,1-2H3. The third-order valence-electron chi connectivity index (χ3n) is 2.88. The van der Waals surface area contributed by atoms with Crippen LogP contribution in [-0.2, 0) is 0 Å². The molecule has 88 valence electrons. The molecule has 0 radical (unpaired) electrons. The Bertz CT molecular complexity index is 383. The van der Waals surface area contributed by atoms with Gasteiger partial charge in [-0.05, 0) is 42.5 Å². The number of amides is 1. The number of carbonyl (C=O) groups excluding carboxylic acids is 1. The van der Waals surface area contributed by atoms with E-state index in [4.69, 9.17) is 0 Å². The van der Waals surface area contributed by atoms with Gasteiger partial charge >= 0.3 is 0 Å². The Labute approximate surface area is 113 Å². The molecule has 2 rings (SSSR count). The molecule has 2 heterocycles. The summed E-state index contributed by atoms with van der Waals surface area (Å²) in [7, 11) is 0. The van der Waals surface area contributed by atoms with Gasteiger partial charge in [0, 0.05) is 30.6 Å². The van der Waals surface area contributed by atoms with E-state index < -0.39 is 0 Å². The molecule has 1 amide bonds. The van der Waals surface area contributed by atoms with E-state index in [9.17, 15) is 4.79 Å². The molecular formula is C11H15IN2OS. The first-order valence-corrected chi connectivity index (χ1v) is 7.33. The summed E-state index contributed by atoms with van der Waals surface area (Å²) >= 11 is 3.87. The minimum absolute atomic E-state index is 0.167. The van der Waals surface area contributed by atoms with Crippen LogP contribution in [0.4, 0.5) is 0 Å². The second kappa shape index (κ2) is 5.01. The van der Waals surface area contributed by atoms with Crippen molar-refractivity contribution in [3.8, 4) is 0 Å². The van der Waals surface area contributed by atoms with Crippen LogP contribution in [0.25, 0.3) is 0 Å². The quantitative estimate of drug-likeness (QED) is 0.788. The van der Waals surface area contributed by atoms with E-state index in [-0.39, 0.29) is 18.0 Å².